The highest BCUT2D eigenvalue weighted by atomic mass is 16.6. The maximum absolute atomic E-state index is 11.3. The van der Waals surface area contributed by atoms with Crippen molar-refractivity contribution in [2.24, 2.45) is 0 Å². The Kier molecular flexibility index (Phi) is 9.37. The monoisotopic (exact) mass is 248 g/mol. The number of carbonyl (C=O) groups is 2. The molecule has 0 fully saturated rings. The van der Waals surface area contributed by atoms with Gasteiger partial charge in [0.05, 0.1) is 6.61 Å². The molecular formula is C11H20O6. The van der Waals surface area contributed by atoms with Crippen molar-refractivity contribution in [3.63, 3.8) is 0 Å². The number of hydrogen-bond donors (Lipinski definition) is 1. The molecule has 0 aliphatic heterocycles. The fourth-order valence-electron chi connectivity index (χ4n) is 1.03. The zero-order chi connectivity index (χ0) is 13.1. The van der Waals surface area contributed by atoms with Crippen molar-refractivity contribution < 1.29 is 28.9 Å². The number of aliphatic hydroxyl groups excluding tert-OH is 1. The zero-order valence-corrected chi connectivity index (χ0v) is 10.3. The van der Waals surface area contributed by atoms with E-state index in [1.807, 2.05) is 0 Å². The van der Waals surface area contributed by atoms with E-state index in [0.29, 0.717) is 19.4 Å². The second-order valence-corrected chi connectivity index (χ2v) is 3.47. The van der Waals surface area contributed by atoms with E-state index in [4.69, 9.17) is 19.3 Å². The summed E-state index contributed by atoms with van der Waals surface area (Å²) in [6.45, 7) is 1.95. The number of aliphatic hydroxyl groups is 1. The molecule has 1 unspecified atom stereocenters. The van der Waals surface area contributed by atoms with E-state index in [1.165, 1.54) is 14.0 Å². The summed E-state index contributed by atoms with van der Waals surface area (Å²) >= 11 is 0. The molecule has 0 spiro atoms. The zero-order valence-electron chi connectivity index (χ0n) is 10.3. The van der Waals surface area contributed by atoms with E-state index in [-0.39, 0.29) is 19.6 Å². The van der Waals surface area contributed by atoms with Crippen molar-refractivity contribution in [3.8, 4) is 0 Å². The third-order valence-electron chi connectivity index (χ3n) is 1.96. The summed E-state index contributed by atoms with van der Waals surface area (Å²) in [6.07, 6.45) is 0.368. The molecule has 0 aromatic carbocycles. The van der Waals surface area contributed by atoms with Crippen LogP contribution in [-0.4, -0.2) is 50.1 Å². The van der Waals surface area contributed by atoms with Gasteiger partial charge in [0.2, 0.25) is 0 Å². The second kappa shape index (κ2) is 10.0. The molecule has 0 aromatic rings. The molecule has 0 saturated heterocycles. The Bertz CT molecular complexity index is 228. The number of methoxy groups -OCH3 is 1. The van der Waals surface area contributed by atoms with Crippen LogP contribution in [0.4, 0.5) is 0 Å². The predicted molar refractivity (Wildman–Crippen MR) is 59.3 cm³/mol. The van der Waals surface area contributed by atoms with Crippen LogP contribution in [0.25, 0.3) is 0 Å². The Morgan fingerprint density at radius 3 is 2.53 bits per heavy atom. The first-order valence-electron chi connectivity index (χ1n) is 5.57. The predicted octanol–water partition coefficient (Wildman–Crippen LogP) is 0.270. The van der Waals surface area contributed by atoms with E-state index in [0.717, 1.165) is 0 Å². The van der Waals surface area contributed by atoms with E-state index in [2.05, 4.69) is 0 Å². The van der Waals surface area contributed by atoms with Gasteiger partial charge in [-0.05, 0) is 19.8 Å². The summed E-state index contributed by atoms with van der Waals surface area (Å²) in [5.74, 6) is -1.05. The van der Waals surface area contributed by atoms with Gasteiger partial charge in [-0.25, -0.2) is 4.79 Å². The molecule has 100 valence electrons. The van der Waals surface area contributed by atoms with Crippen LogP contribution in [0.15, 0.2) is 0 Å². The van der Waals surface area contributed by atoms with Crippen LogP contribution in [0, 0.1) is 0 Å². The van der Waals surface area contributed by atoms with Gasteiger partial charge in [-0.15, -0.1) is 0 Å². The Morgan fingerprint density at radius 2 is 1.94 bits per heavy atom. The highest BCUT2D eigenvalue weighted by molar-refractivity contribution is 5.78. The molecule has 0 rings (SSSR count). The van der Waals surface area contributed by atoms with E-state index < -0.39 is 18.0 Å². The molecule has 0 bridgehead atoms. The molecule has 6 heteroatoms. The molecule has 1 N–H and O–H groups in total. The maximum Gasteiger partial charge on any atom is 0.347 e. The number of unbranched alkanes of at least 4 members (excludes halogenated alkanes) is 1. The Morgan fingerprint density at radius 1 is 1.24 bits per heavy atom. The number of ether oxygens (including phenoxy) is 3. The van der Waals surface area contributed by atoms with Crippen LogP contribution in [-0.2, 0) is 23.8 Å². The summed E-state index contributed by atoms with van der Waals surface area (Å²) in [5, 5.41) is 8.53. The van der Waals surface area contributed by atoms with Gasteiger partial charge in [-0.3, -0.25) is 4.79 Å². The van der Waals surface area contributed by atoms with E-state index >= 15 is 0 Å². The first kappa shape index (κ1) is 15.9. The third kappa shape index (κ3) is 8.65. The first-order valence-corrected chi connectivity index (χ1v) is 5.57. The molecule has 17 heavy (non-hydrogen) atoms. The summed E-state index contributed by atoms with van der Waals surface area (Å²) in [7, 11) is 1.50. The smallest absolute Gasteiger partial charge is 0.347 e. The van der Waals surface area contributed by atoms with Crippen molar-refractivity contribution in [1.82, 2.24) is 0 Å². The summed E-state index contributed by atoms with van der Waals surface area (Å²) in [6, 6.07) is 0. The normalized spacial score (nSPS) is 11.9. The van der Waals surface area contributed by atoms with Crippen LogP contribution < -0.4 is 0 Å². The standard InChI is InChI=1S/C11H20O6/c1-9(11(14)16-8-7-15-2)17-10(13)5-3-4-6-12/h9,12H,3-8H2,1-2H3. The summed E-state index contributed by atoms with van der Waals surface area (Å²) in [4.78, 5) is 22.5. The van der Waals surface area contributed by atoms with Crippen LogP contribution in [0.3, 0.4) is 0 Å². The highest BCUT2D eigenvalue weighted by Crippen LogP contribution is 2.01. The minimum Gasteiger partial charge on any atom is -0.461 e. The molecular weight excluding hydrogens is 228 g/mol. The maximum atomic E-state index is 11.3. The average molecular weight is 248 g/mol. The molecule has 0 saturated carbocycles. The van der Waals surface area contributed by atoms with Crippen molar-refractivity contribution >= 4 is 11.9 Å². The molecule has 0 amide bonds. The summed E-state index contributed by atoms with van der Waals surface area (Å²) < 4.78 is 14.4. The Balaban J connectivity index is 3.71. The molecule has 0 aromatic heterocycles. The molecule has 6 nitrogen and oxygen atoms in total. The largest absolute Gasteiger partial charge is 0.461 e. The topological polar surface area (TPSA) is 82.1 Å². The molecule has 0 heterocycles. The van der Waals surface area contributed by atoms with Gasteiger partial charge in [0.25, 0.3) is 0 Å². The van der Waals surface area contributed by atoms with Gasteiger partial charge >= 0.3 is 11.9 Å². The van der Waals surface area contributed by atoms with Gasteiger partial charge in [-0.2, -0.15) is 0 Å². The van der Waals surface area contributed by atoms with Gasteiger partial charge < -0.3 is 19.3 Å². The number of rotatable bonds is 9. The van der Waals surface area contributed by atoms with Crippen LogP contribution >= 0.6 is 0 Å². The first-order chi connectivity index (χ1) is 8.11. The third-order valence-corrected chi connectivity index (χ3v) is 1.96. The van der Waals surface area contributed by atoms with Gasteiger partial charge in [0.15, 0.2) is 6.10 Å². The van der Waals surface area contributed by atoms with Crippen molar-refractivity contribution in [2.45, 2.75) is 32.3 Å². The van der Waals surface area contributed by atoms with E-state index in [1.54, 1.807) is 0 Å². The average Bonchev–Trinajstić information content (AvgIpc) is 2.29. The number of hydrogen-bond acceptors (Lipinski definition) is 6. The quantitative estimate of drug-likeness (QED) is 0.466. The van der Waals surface area contributed by atoms with E-state index in [9.17, 15) is 9.59 Å². The van der Waals surface area contributed by atoms with Gasteiger partial charge in [0.1, 0.15) is 6.61 Å². The fourth-order valence-corrected chi connectivity index (χ4v) is 1.03. The van der Waals surface area contributed by atoms with Crippen molar-refractivity contribution in [3.05, 3.63) is 0 Å². The minimum atomic E-state index is -0.909. The number of esters is 2. The lowest BCUT2D eigenvalue weighted by molar-refractivity contribution is -0.167. The lowest BCUT2D eigenvalue weighted by Gasteiger charge is -2.12. The second-order valence-electron chi connectivity index (χ2n) is 3.47. The molecule has 1 atom stereocenters. The molecule has 0 aliphatic carbocycles. The van der Waals surface area contributed by atoms with Crippen molar-refractivity contribution in [1.29, 1.82) is 0 Å². The highest BCUT2D eigenvalue weighted by Gasteiger charge is 2.18. The van der Waals surface area contributed by atoms with Crippen LogP contribution in [0.1, 0.15) is 26.2 Å². The SMILES string of the molecule is COCCOC(=O)C(C)OC(=O)CCCCO. The molecule has 0 radical (unpaired) electrons. The Hall–Kier alpha value is -1.14. The Labute approximate surface area is 101 Å². The van der Waals surface area contributed by atoms with Gasteiger partial charge in [-0.1, -0.05) is 0 Å². The van der Waals surface area contributed by atoms with Crippen LogP contribution in [0.2, 0.25) is 0 Å². The lowest BCUT2D eigenvalue weighted by atomic mass is 10.2. The lowest BCUT2D eigenvalue weighted by Crippen LogP contribution is -2.27. The summed E-state index contributed by atoms with van der Waals surface area (Å²) in [5.41, 5.74) is 0. The molecule has 0 aliphatic rings. The minimum absolute atomic E-state index is 0.0435. The van der Waals surface area contributed by atoms with Crippen LogP contribution in [0.5, 0.6) is 0 Å². The number of carbonyl (C=O) groups excluding carboxylic acids is 2. The fraction of sp³-hybridized carbons (Fsp3) is 0.818. The van der Waals surface area contributed by atoms with Gasteiger partial charge in [0, 0.05) is 20.1 Å². The van der Waals surface area contributed by atoms with Crippen molar-refractivity contribution in [2.75, 3.05) is 26.9 Å².